The zero-order valence-corrected chi connectivity index (χ0v) is 12.0. The Morgan fingerprint density at radius 2 is 2.00 bits per heavy atom. The average molecular weight is 283 g/mol. The van der Waals surface area contributed by atoms with E-state index in [2.05, 4.69) is 14.8 Å². The van der Waals surface area contributed by atoms with Gasteiger partial charge in [0, 0.05) is 19.1 Å². The topological polar surface area (TPSA) is 70.2 Å². The number of hydrogen-bond acceptors (Lipinski definition) is 3. The Morgan fingerprint density at radius 1 is 1.26 bits per heavy atom. The molecule has 1 heterocycles. The zero-order chi connectivity index (χ0) is 13.7. The predicted octanol–water partition coefficient (Wildman–Crippen LogP) is 0.671. The molecule has 19 heavy (non-hydrogen) atoms. The van der Waals surface area contributed by atoms with Crippen LogP contribution in [0.2, 0.25) is 0 Å². The van der Waals surface area contributed by atoms with E-state index >= 15 is 0 Å². The summed E-state index contributed by atoms with van der Waals surface area (Å²) in [6, 6.07) is 8.06. The van der Waals surface area contributed by atoms with Crippen molar-refractivity contribution >= 4 is 10.2 Å². The van der Waals surface area contributed by atoms with Crippen LogP contribution in [0.5, 0.6) is 0 Å². The molecule has 1 saturated heterocycles. The van der Waals surface area contributed by atoms with Crippen LogP contribution in [0, 0.1) is 6.92 Å². The van der Waals surface area contributed by atoms with E-state index in [0.29, 0.717) is 13.1 Å². The molecule has 0 saturated carbocycles. The fraction of sp³-hybridized carbons (Fsp3) is 0.538. The van der Waals surface area contributed by atoms with Crippen LogP contribution in [-0.2, 0) is 16.8 Å². The molecule has 0 amide bonds. The second-order valence-corrected chi connectivity index (χ2v) is 6.54. The van der Waals surface area contributed by atoms with E-state index in [1.54, 1.807) is 0 Å². The maximum Gasteiger partial charge on any atom is 0.277 e. The van der Waals surface area contributed by atoms with Gasteiger partial charge < -0.3 is 5.32 Å². The lowest BCUT2D eigenvalue weighted by molar-refractivity contribution is 0.541. The number of benzene rings is 1. The van der Waals surface area contributed by atoms with Gasteiger partial charge in [0.25, 0.3) is 10.2 Å². The molecule has 1 fully saturated rings. The highest BCUT2D eigenvalue weighted by atomic mass is 32.2. The third-order valence-electron chi connectivity index (χ3n) is 3.27. The molecule has 106 valence electrons. The van der Waals surface area contributed by atoms with Crippen LogP contribution in [-0.4, -0.2) is 27.5 Å². The van der Waals surface area contributed by atoms with Crippen LogP contribution in [0.15, 0.2) is 24.3 Å². The summed E-state index contributed by atoms with van der Waals surface area (Å²) in [7, 11) is -3.42. The molecule has 1 aliphatic rings. The standard InChI is InChI=1S/C13H21N3O2S/c1-11-4-6-12(7-5-11)9-15-19(17,18)16-10-13-3-2-8-14-13/h4-7,13-16H,2-3,8-10H2,1H3/t13-/m0/s1. The minimum Gasteiger partial charge on any atom is -0.313 e. The Hall–Kier alpha value is -0.950. The van der Waals surface area contributed by atoms with Gasteiger partial charge in [-0.2, -0.15) is 13.1 Å². The highest BCUT2D eigenvalue weighted by Gasteiger charge is 2.17. The van der Waals surface area contributed by atoms with Crippen LogP contribution in [0.4, 0.5) is 0 Å². The predicted molar refractivity (Wildman–Crippen MR) is 76.0 cm³/mol. The fourth-order valence-electron chi connectivity index (χ4n) is 2.08. The van der Waals surface area contributed by atoms with Crippen molar-refractivity contribution in [3.8, 4) is 0 Å². The van der Waals surface area contributed by atoms with E-state index in [4.69, 9.17) is 0 Å². The van der Waals surface area contributed by atoms with Crippen LogP contribution >= 0.6 is 0 Å². The normalized spacial score (nSPS) is 19.7. The molecule has 1 aromatic rings. The summed E-state index contributed by atoms with van der Waals surface area (Å²) in [5.74, 6) is 0. The summed E-state index contributed by atoms with van der Waals surface area (Å²) in [5, 5.41) is 3.25. The molecular weight excluding hydrogens is 262 g/mol. The zero-order valence-electron chi connectivity index (χ0n) is 11.1. The lowest BCUT2D eigenvalue weighted by Crippen LogP contribution is -2.42. The highest BCUT2D eigenvalue weighted by Crippen LogP contribution is 2.04. The SMILES string of the molecule is Cc1ccc(CNS(=O)(=O)NC[C@@H]2CCCN2)cc1. The largest absolute Gasteiger partial charge is 0.313 e. The maximum atomic E-state index is 11.8. The first-order chi connectivity index (χ1) is 9.05. The van der Waals surface area contributed by atoms with E-state index in [-0.39, 0.29) is 6.04 Å². The smallest absolute Gasteiger partial charge is 0.277 e. The molecule has 0 spiro atoms. The van der Waals surface area contributed by atoms with E-state index in [9.17, 15) is 8.42 Å². The number of aryl methyl sites for hydroxylation is 1. The van der Waals surface area contributed by atoms with Crippen molar-refractivity contribution in [1.82, 2.24) is 14.8 Å². The molecule has 0 radical (unpaired) electrons. The second-order valence-electron chi connectivity index (χ2n) is 4.95. The van der Waals surface area contributed by atoms with Gasteiger partial charge in [-0.15, -0.1) is 0 Å². The fourth-order valence-corrected chi connectivity index (χ4v) is 2.96. The lowest BCUT2D eigenvalue weighted by Gasteiger charge is -2.12. The second kappa shape index (κ2) is 6.47. The molecule has 1 aromatic carbocycles. The van der Waals surface area contributed by atoms with Gasteiger partial charge in [0.2, 0.25) is 0 Å². The Morgan fingerprint density at radius 3 is 2.63 bits per heavy atom. The minimum absolute atomic E-state index is 0.260. The van der Waals surface area contributed by atoms with E-state index < -0.39 is 10.2 Å². The van der Waals surface area contributed by atoms with Crippen LogP contribution in [0.25, 0.3) is 0 Å². The molecule has 1 aliphatic heterocycles. The van der Waals surface area contributed by atoms with Crippen molar-refractivity contribution in [2.75, 3.05) is 13.1 Å². The highest BCUT2D eigenvalue weighted by molar-refractivity contribution is 7.87. The number of hydrogen-bond donors (Lipinski definition) is 3. The molecule has 6 heteroatoms. The molecule has 1 atom stereocenters. The van der Waals surface area contributed by atoms with Crippen molar-refractivity contribution in [2.45, 2.75) is 32.4 Å². The number of nitrogens with one attached hydrogen (secondary N) is 3. The Balaban J connectivity index is 1.78. The monoisotopic (exact) mass is 283 g/mol. The van der Waals surface area contributed by atoms with E-state index in [0.717, 1.165) is 30.5 Å². The van der Waals surface area contributed by atoms with Gasteiger partial charge in [-0.3, -0.25) is 0 Å². The van der Waals surface area contributed by atoms with Crippen LogP contribution in [0.3, 0.4) is 0 Å². The average Bonchev–Trinajstić information content (AvgIpc) is 2.89. The first-order valence-electron chi connectivity index (χ1n) is 6.58. The Labute approximate surface area is 115 Å². The van der Waals surface area contributed by atoms with Gasteiger partial charge in [-0.05, 0) is 31.9 Å². The molecule has 0 unspecified atom stereocenters. The van der Waals surface area contributed by atoms with Crippen molar-refractivity contribution < 1.29 is 8.42 Å². The van der Waals surface area contributed by atoms with Crippen LogP contribution < -0.4 is 14.8 Å². The number of rotatable bonds is 6. The third-order valence-corrected chi connectivity index (χ3v) is 4.34. The van der Waals surface area contributed by atoms with Gasteiger partial charge in [0.1, 0.15) is 0 Å². The summed E-state index contributed by atoms with van der Waals surface area (Å²) in [6.45, 7) is 3.74. The summed E-state index contributed by atoms with van der Waals surface area (Å²) in [6.07, 6.45) is 2.14. The first kappa shape index (κ1) is 14.5. The molecular formula is C13H21N3O2S. The summed E-state index contributed by atoms with van der Waals surface area (Å²) in [4.78, 5) is 0. The summed E-state index contributed by atoms with van der Waals surface area (Å²) in [5.41, 5.74) is 2.12. The van der Waals surface area contributed by atoms with Crippen molar-refractivity contribution in [3.63, 3.8) is 0 Å². The van der Waals surface area contributed by atoms with Gasteiger partial charge >= 0.3 is 0 Å². The molecule has 5 nitrogen and oxygen atoms in total. The van der Waals surface area contributed by atoms with Crippen molar-refractivity contribution in [2.24, 2.45) is 0 Å². The van der Waals surface area contributed by atoms with Crippen molar-refractivity contribution in [3.05, 3.63) is 35.4 Å². The third kappa shape index (κ3) is 4.91. The van der Waals surface area contributed by atoms with Gasteiger partial charge in [0.05, 0.1) is 0 Å². The Kier molecular flexibility index (Phi) is 4.93. The van der Waals surface area contributed by atoms with Gasteiger partial charge in [-0.25, -0.2) is 4.72 Å². The van der Waals surface area contributed by atoms with Gasteiger partial charge in [-0.1, -0.05) is 29.8 Å². The van der Waals surface area contributed by atoms with Crippen LogP contribution in [0.1, 0.15) is 24.0 Å². The first-order valence-corrected chi connectivity index (χ1v) is 8.07. The lowest BCUT2D eigenvalue weighted by atomic mass is 10.2. The van der Waals surface area contributed by atoms with E-state index in [1.807, 2.05) is 31.2 Å². The Bertz CT molecular complexity index is 493. The van der Waals surface area contributed by atoms with Gasteiger partial charge in [0.15, 0.2) is 0 Å². The van der Waals surface area contributed by atoms with E-state index in [1.165, 1.54) is 0 Å². The molecule has 2 rings (SSSR count). The molecule has 3 N–H and O–H groups in total. The molecule has 0 bridgehead atoms. The summed E-state index contributed by atoms with van der Waals surface area (Å²) < 4.78 is 28.7. The quantitative estimate of drug-likeness (QED) is 0.719. The summed E-state index contributed by atoms with van der Waals surface area (Å²) >= 11 is 0. The van der Waals surface area contributed by atoms with Crippen molar-refractivity contribution in [1.29, 1.82) is 0 Å². The minimum atomic E-state index is -3.42. The maximum absolute atomic E-state index is 11.8. The molecule has 0 aliphatic carbocycles. The molecule has 0 aromatic heterocycles.